The van der Waals surface area contributed by atoms with E-state index in [1.165, 1.54) is 0 Å². The highest BCUT2D eigenvalue weighted by Crippen LogP contribution is 2.24. The highest BCUT2D eigenvalue weighted by atomic mass is 32.1. The molecule has 0 unspecified atom stereocenters. The minimum absolute atomic E-state index is 0.124. The number of amides is 1. The predicted octanol–water partition coefficient (Wildman–Crippen LogP) is 3.04. The van der Waals surface area contributed by atoms with Crippen molar-refractivity contribution >= 4 is 17.2 Å². The van der Waals surface area contributed by atoms with Crippen LogP contribution in [0.1, 0.15) is 28.7 Å². The Morgan fingerprint density at radius 1 is 1.26 bits per heavy atom. The lowest BCUT2D eigenvalue weighted by molar-refractivity contribution is 0.0941. The molecule has 1 aromatic carbocycles. The van der Waals surface area contributed by atoms with E-state index in [2.05, 4.69) is 27.7 Å². The van der Waals surface area contributed by atoms with E-state index in [0.29, 0.717) is 12.2 Å². The van der Waals surface area contributed by atoms with Crippen molar-refractivity contribution in [3.8, 4) is 10.6 Å². The Kier molecular flexibility index (Phi) is 4.52. The van der Waals surface area contributed by atoms with Gasteiger partial charge in [-0.3, -0.25) is 9.48 Å². The lowest BCUT2D eigenvalue weighted by Crippen LogP contribution is -2.25. The molecule has 0 saturated heterocycles. The summed E-state index contributed by atoms with van der Waals surface area (Å²) < 4.78 is 1.56. The molecule has 5 nitrogen and oxygen atoms in total. The van der Waals surface area contributed by atoms with E-state index >= 15 is 0 Å². The third-order valence-corrected chi connectivity index (χ3v) is 4.56. The molecule has 3 aromatic rings. The van der Waals surface area contributed by atoms with E-state index < -0.39 is 0 Å². The first kappa shape index (κ1) is 15.4. The van der Waals surface area contributed by atoms with Crippen LogP contribution >= 0.6 is 11.3 Å². The van der Waals surface area contributed by atoms with E-state index in [1.54, 1.807) is 35.3 Å². The van der Waals surface area contributed by atoms with Gasteiger partial charge >= 0.3 is 0 Å². The van der Waals surface area contributed by atoms with Crippen molar-refractivity contribution in [2.45, 2.75) is 19.9 Å². The van der Waals surface area contributed by atoms with Crippen LogP contribution in [0.2, 0.25) is 0 Å². The molecule has 23 heavy (non-hydrogen) atoms. The summed E-state index contributed by atoms with van der Waals surface area (Å²) >= 11 is 1.66. The van der Waals surface area contributed by atoms with Crippen LogP contribution < -0.4 is 5.32 Å². The maximum atomic E-state index is 12.0. The normalized spacial score (nSPS) is 10.7. The Bertz CT molecular complexity index is 804. The van der Waals surface area contributed by atoms with Crippen LogP contribution in [-0.4, -0.2) is 20.7 Å². The fourth-order valence-corrected chi connectivity index (χ4v) is 3.15. The molecule has 0 spiro atoms. The number of aromatic nitrogens is 3. The second-order valence-electron chi connectivity index (χ2n) is 5.22. The molecule has 6 heteroatoms. The molecule has 1 amide bonds. The highest BCUT2D eigenvalue weighted by molar-refractivity contribution is 7.13. The summed E-state index contributed by atoms with van der Waals surface area (Å²) in [6, 6.07) is 9.83. The van der Waals surface area contributed by atoms with Crippen molar-refractivity contribution in [1.82, 2.24) is 20.1 Å². The molecule has 2 heterocycles. The van der Waals surface area contributed by atoms with E-state index in [9.17, 15) is 4.79 Å². The molecule has 0 aliphatic heterocycles. The van der Waals surface area contributed by atoms with Crippen LogP contribution in [0.5, 0.6) is 0 Å². The Morgan fingerprint density at radius 2 is 2.04 bits per heavy atom. The van der Waals surface area contributed by atoms with Gasteiger partial charge in [-0.25, -0.2) is 4.98 Å². The topological polar surface area (TPSA) is 59.8 Å². The summed E-state index contributed by atoms with van der Waals surface area (Å²) in [5, 5.41) is 10.0. The van der Waals surface area contributed by atoms with Crippen LogP contribution in [0, 0.1) is 0 Å². The fourth-order valence-electron chi connectivity index (χ4n) is 2.24. The molecule has 3 rings (SSSR count). The van der Waals surface area contributed by atoms with Crippen molar-refractivity contribution in [3.63, 3.8) is 0 Å². The number of benzene rings is 1. The van der Waals surface area contributed by atoms with Gasteiger partial charge in [-0.15, -0.1) is 11.3 Å². The van der Waals surface area contributed by atoms with Gasteiger partial charge in [0.1, 0.15) is 10.7 Å². The molecule has 0 fully saturated rings. The summed E-state index contributed by atoms with van der Waals surface area (Å²) in [6.45, 7) is 2.59. The standard InChI is InChI=1S/C17H18N4OS/c1-3-14-11-23-17(20-14)13-6-4-12(5-7-13)10-18-16(22)15-8-9-19-21(15)2/h4-9,11H,3,10H2,1-2H3,(H,18,22). The molecule has 1 N–H and O–H groups in total. The fraction of sp³-hybridized carbons (Fsp3) is 0.235. The van der Waals surface area contributed by atoms with Crippen LogP contribution in [0.15, 0.2) is 41.9 Å². The number of nitrogens with zero attached hydrogens (tertiary/aromatic N) is 3. The third-order valence-electron chi connectivity index (χ3n) is 3.62. The van der Waals surface area contributed by atoms with Gasteiger partial charge in [0.05, 0.1) is 5.69 Å². The molecule has 2 aromatic heterocycles. The van der Waals surface area contributed by atoms with Crippen LogP contribution in [0.3, 0.4) is 0 Å². The van der Waals surface area contributed by atoms with Crippen molar-refractivity contribution in [2.75, 3.05) is 0 Å². The molecule has 0 radical (unpaired) electrons. The molecule has 0 aliphatic rings. The van der Waals surface area contributed by atoms with Gasteiger partial charge in [0, 0.05) is 30.7 Å². The number of aryl methyl sites for hydroxylation is 2. The molecule has 0 saturated carbocycles. The Labute approximate surface area is 139 Å². The van der Waals surface area contributed by atoms with Crippen molar-refractivity contribution < 1.29 is 4.79 Å². The van der Waals surface area contributed by atoms with Gasteiger partial charge in [0.15, 0.2) is 0 Å². The van der Waals surface area contributed by atoms with Crippen LogP contribution in [-0.2, 0) is 20.0 Å². The average Bonchev–Trinajstić information content (AvgIpc) is 3.22. The first-order valence-electron chi connectivity index (χ1n) is 7.47. The number of rotatable bonds is 5. The molecular weight excluding hydrogens is 308 g/mol. The monoisotopic (exact) mass is 326 g/mol. The van der Waals surface area contributed by atoms with Gasteiger partial charge in [-0.05, 0) is 18.1 Å². The van der Waals surface area contributed by atoms with Gasteiger partial charge in [0.25, 0.3) is 5.91 Å². The van der Waals surface area contributed by atoms with Crippen molar-refractivity contribution in [2.24, 2.45) is 7.05 Å². The highest BCUT2D eigenvalue weighted by Gasteiger charge is 2.09. The van der Waals surface area contributed by atoms with E-state index in [1.807, 2.05) is 24.3 Å². The van der Waals surface area contributed by atoms with Crippen LogP contribution in [0.4, 0.5) is 0 Å². The Balaban J connectivity index is 1.63. The summed E-state index contributed by atoms with van der Waals surface area (Å²) in [4.78, 5) is 16.6. The summed E-state index contributed by atoms with van der Waals surface area (Å²) in [5.74, 6) is -0.124. The van der Waals surface area contributed by atoms with Gasteiger partial charge in [-0.2, -0.15) is 5.10 Å². The average molecular weight is 326 g/mol. The third kappa shape index (κ3) is 3.48. The zero-order valence-electron chi connectivity index (χ0n) is 13.1. The Hall–Kier alpha value is -2.47. The molecular formula is C17H18N4OS. The minimum atomic E-state index is -0.124. The second-order valence-corrected chi connectivity index (χ2v) is 6.08. The van der Waals surface area contributed by atoms with E-state index in [4.69, 9.17) is 0 Å². The molecule has 0 atom stereocenters. The number of nitrogens with one attached hydrogen (secondary N) is 1. The summed E-state index contributed by atoms with van der Waals surface area (Å²) in [7, 11) is 1.75. The van der Waals surface area contributed by atoms with E-state index in [0.717, 1.165) is 28.2 Å². The largest absolute Gasteiger partial charge is 0.347 e. The van der Waals surface area contributed by atoms with Crippen molar-refractivity contribution in [3.05, 3.63) is 58.9 Å². The summed E-state index contributed by atoms with van der Waals surface area (Å²) in [6.07, 6.45) is 2.57. The smallest absolute Gasteiger partial charge is 0.269 e. The van der Waals surface area contributed by atoms with E-state index in [-0.39, 0.29) is 5.91 Å². The number of carbonyl (C=O) groups excluding carboxylic acids is 1. The molecule has 0 bridgehead atoms. The maximum absolute atomic E-state index is 12.0. The molecule has 0 aliphatic carbocycles. The maximum Gasteiger partial charge on any atom is 0.269 e. The SMILES string of the molecule is CCc1csc(-c2ccc(CNC(=O)c3ccnn3C)cc2)n1. The van der Waals surface area contributed by atoms with Gasteiger partial charge in [0.2, 0.25) is 0 Å². The number of hydrogen-bond donors (Lipinski definition) is 1. The Morgan fingerprint density at radius 3 is 2.65 bits per heavy atom. The first-order valence-corrected chi connectivity index (χ1v) is 8.35. The summed E-state index contributed by atoms with van der Waals surface area (Å²) in [5.41, 5.74) is 3.84. The number of thiazole rings is 1. The first-order chi connectivity index (χ1) is 11.2. The minimum Gasteiger partial charge on any atom is -0.347 e. The van der Waals surface area contributed by atoms with Crippen LogP contribution in [0.25, 0.3) is 10.6 Å². The lowest BCUT2D eigenvalue weighted by Gasteiger charge is -2.06. The predicted molar refractivity (Wildman–Crippen MR) is 91.3 cm³/mol. The zero-order valence-corrected chi connectivity index (χ0v) is 13.9. The van der Waals surface area contributed by atoms with Crippen molar-refractivity contribution in [1.29, 1.82) is 0 Å². The number of carbonyl (C=O) groups is 1. The van der Waals surface area contributed by atoms with Gasteiger partial charge < -0.3 is 5.32 Å². The zero-order chi connectivity index (χ0) is 16.2. The quantitative estimate of drug-likeness (QED) is 0.784. The number of hydrogen-bond acceptors (Lipinski definition) is 4. The second kappa shape index (κ2) is 6.75. The lowest BCUT2D eigenvalue weighted by atomic mass is 10.1. The molecule has 118 valence electrons. The van der Waals surface area contributed by atoms with Gasteiger partial charge in [-0.1, -0.05) is 31.2 Å².